The molecule has 7 heteroatoms. The Morgan fingerprint density at radius 3 is 2.60 bits per heavy atom. The van der Waals surface area contributed by atoms with E-state index in [1.807, 2.05) is 54.6 Å². The highest BCUT2D eigenvalue weighted by atomic mass is 16.6. The van der Waals surface area contributed by atoms with E-state index in [0.717, 1.165) is 48.6 Å². The van der Waals surface area contributed by atoms with Gasteiger partial charge < -0.3 is 24.6 Å². The second-order valence-corrected chi connectivity index (χ2v) is 7.69. The van der Waals surface area contributed by atoms with Gasteiger partial charge in [-0.05, 0) is 25.2 Å². The summed E-state index contributed by atoms with van der Waals surface area (Å²) in [6.45, 7) is 3.97. The number of fused-ring (bicyclic) bond motifs is 2. The molecule has 0 spiro atoms. The van der Waals surface area contributed by atoms with Gasteiger partial charge in [-0.2, -0.15) is 0 Å². The summed E-state index contributed by atoms with van der Waals surface area (Å²) in [6.07, 6.45) is -0.709. The summed E-state index contributed by atoms with van der Waals surface area (Å²) < 4.78 is 11.6. The molecule has 1 aromatic heterocycles. The highest BCUT2D eigenvalue weighted by Crippen LogP contribution is 2.32. The van der Waals surface area contributed by atoms with Crippen LogP contribution in [0.3, 0.4) is 0 Å². The number of hydrogen-bond acceptors (Lipinski definition) is 6. The van der Waals surface area contributed by atoms with Crippen molar-refractivity contribution in [3.63, 3.8) is 0 Å². The van der Waals surface area contributed by atoms with Crippen LogP contribution in [0.2, 0.25) is 0 Å². The predicted octanol–water partition coefficient (Wildman–Crippen LogP) is 2.77. The number of carbonyl (C=O) groups is 1. The fourth-order valence-corrected chi connectivity index (χ4v) is 3.82. The van der Waals surface area contributed by atoms with Crippen molar-refractivity contribution in [2.75, 3.05) is 50.1 Å². The summed E-state index contributed by atoms with van der Waals surface area (Å²) in [5, 5.41) is 3.96. The van der Waals surface area contributed by atoms with Crippen LogP contribution in [0.15, 0.2) is 54.6 Å². The number of ether oxygens (including phenoxy) is 2. The van der Waals surface area contributed by atoms with Crippen LogP contribution in [-0.4, -0.2) is 61.7 Å². The lowest BCUT2D eigenvalue weighted by Crippen LogP contribution is -2.45. The molecule has 0 radical (unpaired) electrons. The highest BCUT2D eigenvalue weighted by Gasteiger charge is 2.28. The molecule has 2 aromatic carbocycles. The molecule has 1 unspecified atom stereocenters. The number of piperazine rings is 1. The third kappa shape index (κ3) is 3.64. The maximum atomic E-state index is 13.0. The fourth-order valence-electron chi connectivity index (χ4n) is 3.82. The van der Waals surface area contributed by atoms with Gasteiger partial charge in [0.2, 0.25) is 6.10 Å². The van der Waals surface area contributed by atoms with Gasteiger partial charge in [0.1, 0.15) is 12.4 Å². The van der Waals surface area contributed by atoms with Crippen LogP contribution in [0.25, 0.3) is 10.9 Å². The van der Waals surface area contributed by atoms with Crippen molar-refractivity contribution >= 4 is 28.3 Å². The van der Waals surface area contributed by atoms with Crippen molar-refractivity contribution in [2.24, 2.45) is 0 Å². The summed E-state index contributed by atoms with van der Waals surface area (Å²) in [4.78, 5) is 22.4. The monoisotopic (exact) mass is 404 g/mol. The SMILES string of the molecule is CN1CCN(c2cc(NC(=O)C3COc4ccccc4O3)c3ccccc3n2)CC1. The van der Waals surface area contributed by atoms with Gasteiger partial charge in [-0.25, -0.2) is 4.98 Å². The Morgan fingerprint density at radius 2 is 1.77 bits per heavy atom. The number of benzene rings is 2. The molecule has 2 aliphatic heterocycles. The third-order valence-corrected chi connectivity index (χ3v) is 5.59. The van der Waals surface area contributed by atoms with Gasteiger partial charge in [0.25, 0.3) is 5.91 Å². The fraction of sp³-hybridized carbons (Fsp3) is 0.304. The van der Waals surface area contributed by atoms with Crippen molar-refractivity contribution in [3.05, 3.63) is 54.6 Å². The average molecular weight is 404 g/mol. The van der Waals surface area contributed by atoms with Gasteiger partial charge in [-0.3, -0.25) is 4.79 Å². The lowest BCUT2D eigenvalue weighted by molar-refractivity contribution is -0.125. The molecule has 5 rings (SSSR count). The molecule has 3 aromatic rings. The van der Waals surface area contributed by atoms with Crippen LogP contribution in [0.1, 0.15) is 0 Å². The van der Waals surface area contributed by atoms with Crippen LogP contribution in [0, 0.1) is 0 Å². The van der Waals surface area contributed by atoms with Gasteiger partial charge in [0, 0.05) is 37.6 Å². The van der Waals surface area contributed by atoms with E-state index in [1.165, 1.54) is 0 Å². The lowest BCUT2D eigenvalue weighted by atomic mass is 10.1. The number of amides is 1. The number of hydrogen-bond donors (Lipinski definition) is 1. The van der Waals surface area contributed by atoms with E-state index in [0.29, 0.717) is 11.5 Å². The summed E-state index contributed by atoms with van der Waals surface area (Å²) >= 11 is 0. The first kappa shape index (κ1) is 18.7. The Kier molecular flexibility index (Phi) is 4.88. The average Bonchev–Trinajstić information content (AvgIpc) is 2.79. The number of rotatable bonds is 3. The molecule has 1 amide bonds. The summed E-state index contributed by atoms with van der Waals surface area (Å²) in [5.74, 6) is 1.89. The van der Waals surface area contributed by atoms with Gasteiger partial charge in [-0.15, -0.1) is 0 Å². The standard InChI is InChI=1S/C23H24N4O3/c1-26-10-12-27(13-11-26)22-14-18(16-6-2-3-7-17(16)24-22)25-23(28)21-15-29-19-8-4-5-9-20(19)30-21/h2-9,14,21H,10-13,15H2,1H3,(H,24,25,28). The van der Waals surface area contributed by atoms with Gasteiger partial charge in [0.05, 0.1) is 11.2 Å². The molecule has 1 atom stereocenters. The van der Waals surface area contributed by atoms with Crippen molar-refractivity contribution in [1.82, 2.24) is 9.88 Å². The first-order valence-corrected chi connectivity index (χ1v) is 10.2. The maximum absolute atomic E-state index is 13.0. The molecule has 1 fully saturated rings. The summed E-state index contributed by atoms with van der Waals surface area (Å²) in [6, 6.07) is 17.2. The van der Waals surface area contributed by atoms with Crippen LogP contribution in [0.4, 0.5) is 11.5 Å². The second kappa shape index (κ2) is 7.84. The second-order valence-electron chi connectivity index (χ2n) is 7.69. The van der Waals surface area contributed by atoms with Crippen molar-refractivity contribution in [3.8, 4) is 11.5 Å². The molecule has 1 saturated heterocycles. The molecular formula is C23H24N4O3. The quantitative estimate of drug-likeness (QED) is 0.724. The Labute approximate surface area is 175 Å². The van der Waals surface area contributed by atoms with Crippen LogP contribution in [-0.2, 0) is 4.79 Å². The zero-order chi connectivity index (χ0) is 20.5. The number of likely N-dealkylation sites (N-methyl/N-ethyl adjacent to an activating group) is 1. The molecule has 30 heavy (non-hydrogen) atoms. The van der Waals surface area contributed by atoms with E-state index >= 15 is 0 Å². The minimum absolute atomic E-state index is 0.178. The van der Waals surface area contributed by atoms with Gasteiger partial charge in [-0.1, -0.05) is 30.3 Å². The van der Waals surface area contributed by atoms with Gasteiger partial charge in [0.15, 0.2) is 11.5 Å². The van der Waals surface area contributed by atoms with Crippen LogP contribution >= 0.6 is 0 Å². The summed E-state index contributed by atoms with van der Waals surface area (Å²) in [5.41, 5.74) is 1.59. The molecule has 1 N–H and O–H groups in total. The Hall–Kier alpha value is -3.32. The largest absolute Gasteiger partial charge is 0.485 e. The number of nitrogens with zero attached hydrogens (tertiary/aromatic N) is 3. The van der Waals surface area contributed by atoms with Gasteiger partial charge >= 0.3 is 0 Å². The molecule has 0 bridgehead atoms. The van der Waals surface area contributed by atoms with Crippen LogP contribution in [0.5, 0.6) is 11.5 Å². The minimum Gasteiger partial charge on any atom is -0.485 e. The molecule has 2 aliphatic rings. The van der Waals surface area contributed by atoms with E-state index in [-0.39, 0.29) is 12.5 Å². The molecule has 154 valence electrons. The van der Waals surface area contributed by atoms with E-state index in [4.69, 9.17) is 14.5 Å². The first-order chi connectivity index (χ1) is 14.7. The predicted molar refractivity (Wildman–Crippen MR) is 116 cm³/mol. The van der Waals surface area contributed by atoms with Crippen LogP contribution < -0.4 is 19.7 Å². The third-order valence-electron chi connectivity index (χ3n) is 5.59. The number of carbonyl (C=O) groups excluding carboxylic acids is 1. The smallest absolute Gasteiger partial charge is 0.269 e. The number of pyridine rings is 1. The Morgan fingerprint density at radius 1 is 1.03 bits per heavy atom. The molecule has 0 aliphatic carbocycles. The number of para-hydroxylation sites is 3. The van der Waals surface area contributed by atoms with E-state index in [1.54, 1.807) is 0 Å². The van der Waals surface area contributed by atoms with E-state index < -0.39 is 6.10 Å². The number of nitrogens with one attached hydrogen (secondary N) is 1. The van der Waals surface area contributed by atoms with E-state index in [2.05, 4.69) is 22.2 Å². The number of aromatic nitrogens is 1. The molecule has 0 saturated carbocycles. The summed E-state index contributed by atoms with van der Waals surface area (Å²) in [7, 11) is 2.13. The molecule has 3 heterocycles. The first-order valence-electron chi connectivity index (χ1n) is 10.2. The molecular weight excluding hydrogens is 380 g/mol. The molecule has 7 nitrogen and oxygen atoms in total. The van der Waals surface area contributed by atoms with E-state index in [9.17, 15) is 4.79 Å². The zero-order valence-corrected chi connectivity index (χ0v) is 16.9. The lowest BCUT2D eigenvalue weighted by Gasteiger charge is -2.33. The van der Waals surface area contributed by atoms with Crippen molar-refractivity contribution < 1.29 is 14.3 Å². The number of anilines is 2. The minimum atomic E-state index is -0.709. The van der Waals surface area contributed by atoms with Crippen molar-refractivity contribution in [1.29, 1.82) is 0 Å². The normalized spacial score (nSPS) is 19.0. The van der Waals surface area contributed by atoms with Crippen molar-refractivity contribution in [2.45, 2.75) is 6.10 Å². The highest BCUT2D eigenvalue weighted by molar-refractivity contribution is 6.03. The zero-order valence-electron chi connectivity index (χ0n) is 16.9. The maximum Gasteiger partial charge on any atom is 0.269 e. The Balaban J connectivity index is 1.41. The Bertz CT molecular complexity index is 1080. The topological polar surface area (TPSA) is 66.9 Å².